The van der Waals surface area contributed by atoms with Crippen LogP contribution >= 0.6 is 11.3 Å². The number of halogens is 1. The first kappa shape index (κ1) is 15.7. The van der Waals surface area contributed by atoms with E-state index in [1.807, 2.05) is 0 Å². The highest BCUT2D eigenvalue weighted by Gasteiger charge is 2.23. The molecule has 1 aliphatic heterocycles. The number of thiophene rings is 1. The molecule has 4 nitrogen and oxygen atoms in total. The number of nitrogens with zero attached hydrogens (tertiary/aromatic N) is 2. The summed E-state index contributed by atoms with van der Waals surface area (Å²) in [6, 6.07) is 9.82. The molecular weight excluding hydrogens is 315 g/mol. The molecule has 120 valence electrons. The normalized spacial score (nSPS) is 14.9. The molecule has 0 bridgehead atoms. The molecule has 6 heteroatoms. The van der Waals surface area contributed by atoms with Crippen molar-refractivity contribution < 1.29 is 14.0 Å². The lowest BCUT2D eigenvalue weighted by Gasteiger charge is -2.36. The van der Waals surface area contributed by atoms with Gasteiger partial charge in [-0.05, 0) is 43.3 Å². The van der Waals surface area contributed by atoms with Gasteiger partial charge in [-0.25, -0.2) is 4.39 Å². The Hall–Kier alpha value is -2.21. The molecule has 23 heavy (non-hydrogen) atoms. The van der Waals surface area contributed by atoms with Gasteiger partial charge in [0.2, 0.25) is 0 Å². The number of amides is 1. The van der Waals surface area contributed by atoms with E-state index in [9.17, 15) is 14.0 Å². The zero-order valence-electron chi connectivity index (χ0n) is 12.8. The Labute approximate surface area is 138 Å². The van der Waals surface area contributed by atoms with E-state index in [4.69, 9.17) is 0 Å². The second kappa shape index (κ2) is 6.50. The monoisotopic (exact) mass is 332 g/mol. The molecule has 0 radical (unpaired) electrons. The molecule has 1 fully saturated rings. The number of Topliss-reactive ketones (excluding diaryl/α,β-unsaturated/α-hetero) is 1. The molecule has 1 aliphatic rings. The largest absolute Gasteiger partial charge is 0.368 e. The van der Waals surface area contributed by atoms with Gasteiger partial charge in [0.15, 0.2) is 5.78 Å². The Morgan fingerprint density at radius 3 is 2.13 bits per heavy atom. The molecule has 1 saturated heterocycles. The Morgan fingerprint density at radius 1 is 0.957 bits per heavy atom. The van der Waals surface area contributed by atoms with Gasteiger partial charge in [0.1, 0.15) is 5.82 Å². The van der Waals surface area contributed by atoms with Crippen LogP contribution in [0.25, 0.3) is 0 Å². The minimum atomic E-state index is -0.249. The van der Waals surface area contributed by atoms with Gasteiger partial charge >= 0.3 is 0 Å². The number of hydrogen-bond donors (Lipinski definition) is 0. The summed E-state index contributed by atoms with van der Waals surface area (Å²) in [4.78, 5) is 29.0. The maximum Gasteiger partial charge on any atom is 0.264 e. The van der Waals surface area contributed by atoms with Gasteiger partial charge in [-0.15, -0.1) is 11.3 Å². The molecular formula is C17H17FN2O2S. The highest BCUT2D eigenvalue weighted by molar-refractivity contribution is 7.15. The predicted octanol–water partition coefficient (Wildman–Crippen LogP) is 3.05. The highest BCUT2D eigenvalue weighted by atomic mass is 32.1. The molecule has 0 saturated carbocycles. The molecule has 0 N–H and O–H groups in total. The van der Waals surface area contributed by atoms with Crippen molar-refractivity contribution in [1.82, 2.24) is 4.90 Å². The SMILES string of the molecule is CC(=O)c1ccc(C(=O)N2CCN(c3ccc(F)cc3)CC2)s1. The highest BCUT2D eigenvalue weighted by Crippen LogP contribution is 2.21. The van der Waals surface area contributed by atoms with E-state index in [1.54, 1.807) is 29.2 Å². The molecule has 1 aromatic carbocycles. The number of ketones is 1. The van der Waals surface area contributed by atoms with Crippen molar-refractivity contribution in [2.75, 3.05) is 31.1 Å². The fraction of sp³-hybridized carbons (Fsp3) is 0.294. The zero-order valence-corrected chi connectivity index (χ0v) is 13.6. The second-order valence-corrected chi connectivity index (χ2v) is 6.56. The zero-order chi connectivity index (χ0) is 16.4. The summed E-state index contributed by atoms with van der Waals surface area (Å²) in [6.07, 6.45) is 0. The summed E-state index contributed by atoms with van der Waals surface area (Å²) >= 11 is 1.25. The average Bonchev–Trinajstić information content (AvgIpc) is 3.05. The van der Waals surface area contributed by atoms with Crippen LogP contribution in [-0.4, -0.2) is 42.8 Å². The topological polar surface area (TPSA) is 40.6 Å². The number of carbonyl (C=O) groups excluding carboxylic acids is 2. The Kier molecular flexibility index (Phi) is 4.43. The number of piperazine rings is 1. The lowest BCUT2D eigenvalue weighted by atomic mass is 10.2. The Bertz CT molecular complexity index is 718. The summed E-state index contributed by atoms with van der Waals surface area (Å²) in [5.74, 6) is -0.294. The van der Waals surface area contributed by atoms with Gasteiger partial charge < -0.3 is 9.80 Å². The quantitative estimate of drug-likeness (QED) is 0.811. The minimum absolute atomic E-state index is 0.0184. The van der Waals surface area contributed by atoms with E-state index in [2.05, 4.69) is 4.90 Å². The number of hydrogen-bond acceptors (Lipinski definition) is 4. The van der Waals surface area contributed by atoms with Crippen molar-refractivity contribution in [1.29, 1.82) is 0 Å². The van der Waals surface area contributed by atoms with E-state index in [1.165, 1.54) is 30.4 Å². The van der Waals surface area contributed by atoms with Crippen LogP contribution in [0.4, 0.5) is 10.1 Å². The third kappa shape index (κ3) is 3.42. The maximum atomic E-state index is 13.0. The second-order valence-electron chi connectivity index (χ2n) is 5.48. The average molecular weight is 332 g/mol. The van der Waals surface area contributed by atoms with Crippen LogP contribution in [0.2, 0.25) is 0 Å². The summed E-state index contributed by atoms with van der Waals surface area (Å²) in [6.45, 7) is 4.15. The summed E-state index contributed by atoms with van der Waals surface area (Å²) in [5, 5.41) is 0. The van der Waals surface area contributed by atoms with Gasteiger partial charge in [0, 0.05) is 31.9 Å². The third-order valence-corrected chi connectivity index (χ3v) is 5.10. The van der Waals surface area contributed by atoms with E-state index in [0.717, 1.165) is 5.69 Å². The van der Waals surface area contributed by atoms with Crippen molar-refractivity contribution in [2.24, 2.45) is 0 Å². The molecule has 2 aromatic rings. The van der Waals surface area contributed by atoms with Crippen LogP contribution < -0.4 is 4.90 Å². The van der Waals surface area contributed by atoms with Crippen LogP contribution in [0, 0.1) is 5.82 Å². The van der Waals surface area contributed by atoms with Gasteiger partial charge in [-0.3, -0.25) is 9.59 Å². The van der Waals surface area contributed by atoms with Gasteiger partial charge in [-0.2, -0.15) is 0 Å². The van der Waals surface area contributed by atoms with Crippen LogP contribution in [0.3, 0.4) is 0 Å². The van der Waals surface area contributed by atoms with Crippen LogP contribution in [0.15, 0.2) is 36.4 Å². The summed E-state index contributed by atoms with van der Waals surface area (Å²) in [7, 11) is 0. The molecule has 0 aliphatic carbocycles. The Balaban J connectivity index is 1.62. The van der Waals surface area contributed by atoms with E-state index in [0.29, 0.717) is 35.9 Å². The summed E-state index contributed by atoms with van der Waals surface area (Å²) < 4.78 is 13.0. The van der Waals surface area contributed by atoms with E-state index < -0.39 is 0 Å². The predicted molar refractivity (Wildman–Crippen MR) is 88.8 cm³/mol. The van der Waals surface area contributed by atoms with Crippen molar-refractivity contribution in [3.63, 3.8) is 0 Å². The molecule has 1 amide bonds. The molecule has 1 aromatic heterocycles. The lowest BCUT2D eigenvalue weighted by Crippen LogP contribution is -2.48. The third-order valence-electron chi connectivity index (χ3n) is 3.92. The van der Waals surface area contributed by atoms with Gasteiger partial charge in [-0.1, -0.05) is 0 Å². The number of rotatable bonds is 3. The smallest absolute Gasteiger partial charge is 0.264 e. The molecule has 3 rings (SSSR count). The fourth-order valence-corrected chi connectivity index (χ4v) is 3.49. The summed E-state index contributed by atoms with van der Waals surface area (Å²) in [5.41, 5.74) is 0.966. The first-order valence-electron chi connectivity index (χ1n) is 7.45. The molecule has 0 spiro atoms. The Morgan fingerprint density at radius 2 is 1.57 bits per heavy atom. The van der Waals surface area contributed by atoms with Crippen molar-refractivity contribution in [2.45, 2.75) is 6.92 Å². The van der Waals surface area contributed by atoms with E-state index in [-0.39, 0.29) is 17.5 Å². The maximum absolute atomic E-state index is 13.0. The number of benzene rings is 1. The van der Waals surface area contributed by atoms with Gasteiger partial charge in [0.05, 0.1) is 9.75 Å². The lowest BCUT2D eigenvalue weighted by molar-refractivity contribution is 0.0751. The number of carbonyl (C=O) groups is 2. The first-order valence-corrected chi connectivity index (χ1v) is 8.27. The molecule has 0 unspecified atom stereocenters. The molecule has 0 atom stereocenters. The van der Waals surface area contributed by atoms with E-state index >= 15 is 0 Å². The first-order chi connectivity index (χ1) is 11.0. The minimum Gasteiger partial charge on any atom is -0.368 e. The van der Waals surface area contributed by atoms with Gasteiger partial charge in [0.25, 0.3) is 5.91 Å². The molecule has 2 heterocycles. The number of anilines is 1. The van der Waals surface area contributed by atoms with Crippen molar-refractivity contribution in [3.05, 3.63) is 52.0 Å². The van der Waals surface area contributed by atoms with Crippen molar-refractivity contribution in [3.8, 4) is 0 Å². The van der Waals surface area contributed by atoms with Crippen LogP contribution in [0.1, 0.15) is 26.3 Å². The fourth-order valence-electron chi connectivity index (χ4n) is 2.62. The van der Waals surface area contributed by atoms with Crippen LogP contribution in [-0.2, 0) is 0 Å². The standard InChI is InChI=1S/C17H17FN2O2S/c1-12(21)15-6-7-16(23-15)17(22)20-10-8-19(9-11-20)14-4-2-13(18)3-5-14/h2-7H,8-11H2,1H3. The van der Waals surface area contributed by atoms with Crippen molar-refractivity contribution >= 4 is 28.7 Å². The van der Waals surface area contributed by atoms with Crippen LogP contribution in [0.5, 0.6) is 0 Å².